The van der Waals surface area contributed by atoms with Crippen LogP contribution in [0.5, 0.6) is 0 Å². The Morgan fingerprint density at radius 1 is 1.70 bits per heavy atom. The normalized spacial score (nSPS) is 13.0. The van der Waals surface area contributed by atoms with Crippen LogP contribution in [0.1, 0.15) is 19.8 Å². The third kappa shape index (κ3) is 5.53. The number of aliphatic carboxylic acids is 1. The van der Waals surface area contributed by atoms with E-state index in [0.29, 0.717) is 6.61 Å². The molecule has 0 bridgehead atoms. The molecule has 0 aliphatic heterocycles. The molecule has 4 heteroatoms. The maximum atomic E-state index is 9.93. The molecule has 1 unspecified atom stereocenters. The molecular formula is C6H12O4. The first-order valence-corrected chi connectivity index (χ1v) is 3.18. The van der Waals surface area contributed by atoms with Gasteiger partial charge in [-0.2, -0.15) is 0 Å². The highest BCUT2D eigenvalue weighted by Gasteiger charge is 2.07. The van der Waals surface area contributed by atoms with Crippen molar-refractivity contribution < 1.29 is 19.7 Å². The SMILES string of the molecule is CCCOC(O)CC(=O)O. The van der Waals surface area contributed by atoms with E-state index in [2.05, 4.69) is 4.74 Å². The van der Waals surface area contributed by atoms with Crippen LogP contribution in [-0.2, 0) is 9.53 Å². The average molecular weight is 148 g/mol. The molecule has 0 fully saturated rings. The summed E-state index contributed by atoms with van der Waals surface area (Å²) in [5.41, 5.74) is 0. The second-order valence-corrected chi connectivity index (χ2v) is 1.92. The first-order valence-electron chi connectivity index (χ1n) is 3.18. The minimum Gasteiger partial charge on any atom is -0.481 e. The monoisotopic (exact) mass is 148 g/mol. The fourth-order valence-electron chi connectivity index (χ4n) is 0.462. The van der Waals surface area contributed by atoms with Gasteiger partial charge in [-0.15, -0.1) is 0 Å². The van der Waals surface area contributed by atoms with E-state index in [1.807, 2.05) is 6.92 Å². The largest absolute Gasteiger partial charge is 0.481 e. The molecular weight excluding hydrogens is 136 g/mol. The number of ether oxygens (including phenoxy) is 1. The predicted octanol–water partition coefficient (Wildman–Crippen LogP) is 0.206. The lowest BCUT2D eigenvalue weighted by molar-refractivity contribution is -0.152. The van der Waals surface area contributed by atoms with Crippen LogP contribution >= 0.6 is 0 Å². The lowest BCUT2D eigenvalue weighted by Gasteiger charge is -2.07. The molecule has 0 aromatic heterocycles. The van der Waals surface area contributed by atoms with Gasteiger partial charge in [-0.1, -0.05) is 6.92 Å². The fourth-order valence-corrected chi connectivity index (χ4v) is 0.462. The van der Waals surface area contributed by atoms with Crippen LogP contribution < -0.4 is 0 Å². The van der Waals surface area contributed by atoms with Gasteiger partial charge in [0.05, 0.1) is 6.42 Å². The summed E-state index contributed by atoms with van der Waals surface area (Å²) in [6, 6.07) is 0. The number of carbonyl (C=O) groups is 1. The summed E-state index contributed by atoms with van der Waals surface area (Å²) in [6.45, 7) is 2.28. The van der Waals surface area contributed by atoms with Crippen LogP contribution in [-0.4, -0.2) is 29.1 Å². The van der Waals surface area contributed by atoms with Gasteiger partial charge in [-0.25, -0.2) is 0 Å². The van der Waals surface area contributed by atoms with Crippen molar-refractivity contribution in [1.29, 1.82) is 0 Å². The van der Waals surface area contributed by atoms with Crippen LogP contribution in [0.2, 0.25) is 0 Å². The zero-order valence-corrected chi connectivity index (χ0v) is 5.91. The van der Waals surface area contributed by atoms with Gasteiger partial charge in [-0.05, 0) is 6.42 Å². The van der Waals surface area contributed by atoms with Crippen molar-refractivity contribution in [3.05, 3.63) is 0 Å². The molecule has 0 aromatic rings. The molecule has 0 spiro atoms. The molecule has 0 aliphatic rings. The van der Waals surface area contributed by atoms with Crippen LogP contribution in [0.4, 0.5) is 0 Å². The van der Waals surface area contributed by atoms with Gasteiger partial charge in [0.15, 0.2) is 6.29 Å². The summed E-state index contributed by atoms with van der Waals surface area (Å²) in [5, 5.41) is 16.9. The lowest BCUT2D eigenvalue weighted by atomic mass is 10.4. The summed E-state index contributed by atoms with van der Waals surface area (Å²) >= 11 is 0. The first-order chi connectivity index (χ1) is 4.66. The third-order valence-electron chi connectivity index (χ3n) is 0.864. The summed E-state index contributed by atoms with van der Waals surface area (Å²) in [4.78, 5) is 9.93. The molecule has 0 saturated heterocycles. The maximum absolute atomic E-state index is 9.93. The molecule has 0 aliphatic carbocycles. The Balaban J connectivity index is 3.25. The Labute approximate surface area is 59.4 Å². The molecule has 0 radical (unpaired) electrons. The average Bonchev–Trinajstić information content (AvgIpc) is 1.82. The Kier molecular flexibility index (Phi) is 4.88. The van der Waals surface area contributed by atoms with Crippen LogP contribution in [0.3, 0.4) is 0 Å². The van der Waals surface area contributed by atoms with Crippen molar-refractivity contribution in [2.45, 2.75) is 26.1 Å². The predicted molar refractivity (Wildman–Crippen MR) is 34.5 cm³/mol. The van der Waals surface area contributed by atoms with Gasteiger partial charge in [0.2, 0.25) is 0 Å². The number of rotatable bonds is 5. The zero-order chi connectivity index (χ0) is 7.98. The zero-order valence-electron chi connectivity index (χ0n) is 5.91. The molecule has 2 N–H and O–H groups in total. The minimum absolute atomic E-state index is 0.347. The fraction of sp³-hybridized carbons (Fsp3) is 0.833. The van der Waals surface area contributed by atoms with Crippen molar-refractivity contribution >= 4 is 5.97 Å². The minimum atomic E-state index is -1.16. The molecule has 1 atom stereocenters. The summed E-state index contributed by atoms with van der Waals surface area (Å²) in [6.07, 6.45) is -0.728. The molecule has 10 heavy (non-hydrogen) atoms. The second kappa shape index (κ2) is 5.20. The lowest BCUT2D eigenvalue weighted by Crippen LogP contribution is -2.16. The van der Waals surface area contributed by atoms with E-state index in [-0.39, 0.29) is 6.42 Å². The summed E-state index contributed by atoms with van der Waals surface area (Å²) in [5.74, 6) is -1.05. The van der Waals surface area contributed by atoms with Gasteiger partial charge < -0.3 is 14.9 Å². The standard InChI is InChI=1S/C6H12O4/c1-2-3-10-6(9)4-5(7)8/h6,9H,2-4H2,1H3,(H,7,8). The van der Waals surface area contributed by atoms with E-state index in [1.165, 1.54) is 0 Å². The van der Waals surface area contributed by atoms with E-state index >= 15 is 0 Å². The van der Waals surface area contributed by atoms with Gasteiger partial charge in [-0.3, -0.25) is 4.79 Å². The Hall–Kier alpha value is -0.610. The van der Waals surface area contributed by atoms with Crippen LogP contribution in [0.25, 0.3) is 0 Å². The van der Waals surface area contributed by atoms with Gasteiger partial charge in [0, 0.05) is 6.61 Å². The van der Waals surface area contributed by atoms with Gasteiger partial charge in [0.1, 0.15) is 0 Å². The van der Waals surface area contributed by atoms with Crippen molar-refractivity contribution in [2.24, 2.45) is 0 Å². The van der Waals surface area contributed by atoms with Crippen molar-refractivity contribution in [1.82, 2.24) is 0 Å². The van der Waals surface area contributed by atoms with Crippen molar-refractivity contribution in [2.75, 3.05) is 6.61 Å². The molecule has 0 rings (SSSR count). The number of aliphatic hydroxyl groups excluding tert-OH is 1. The van der Waals surface area contributed by atoms with E-state index in [1.54, 1.807) is 0 Å². The highest BCUT2D eigenvalue weighted by atomic mass is 16.6. The number of hydrogen-bond acceptors (Lipinski definition) is 3. The highest BCUT2D eigenvalue weighted by molar-refractivity contribution is 5.67. The second-order valence-electron chi connectivity index (χ2n) is 1.92. The number of carboxylic acids is 1. The summed E-state index contributed by atoms with van der Waals surface area (Å²) in [7, 11) is 0. The Morgan fingerprint density at radius 3 is 2.70 bits per heavy atom. The van der Waals surface area contributed by atoms with Crippen molar-refractivity contribution in [3.8, 4) is 0 Å². The third-order valence-corrected chi connectivity index (χ3v) is 0.864. The van der Waals surface area contributed by atoms with E-state index in [4.69, 9.17) is 10.2 Å². The van der Waals surface area contributed by atoms with E-state index in [9.17, 15) is 4.79 Å². The smallest absolute Gasteiger partial charge is 0.308 e. The number of aliphatic hydroxyl groups is 1. The van der Waals surface area contributed by atoms with E-state index < -0.39 is 12.3 Å². The molecule has 0 aromatic carbocycles. The topological polar surface area (TPSA) is 66.8 Å². The molecule has 0 heterocycles. The molecule has 0 saturated carbocycles. The quantitative estimate of drug-likeness (QED) is 0.547. The summed E-state index contributed by atoms with van der Waals surface area (Å²) < 4.78 is 4.68. The molecule has 0 amide bonds. The van der Waals surface area contributed by atoms with Gasteiger partial charge in [0.25, 0.3) is 0 Å². The Morgan fingerprint density at radius 2 is 2.30 bits per heavy atom. The Bertz CT molecular complexity index is 102. The number of hydrogen-bond donors (Lipinski definition) is 2. The first kappa shape index (κ1) is 9.39. The van der Waals surface area contributed by atoms with Crippen LogP contribution in [0, 0.1) is 0 Å². The number of carboxylic acid groups (broad SMARTS) is 1. The maximum Gasteiger partial charge on any atom is 0.308 e. The van der Waals surface area contributed by atoms with Gasteiger partial charge >= 0.3 is 5.97 Å². The van der Waals surface area contributed by atoms with Crippen LogP contribution in [0.15, 0.2) is 0 Å². The molecule has 4 nitrogen and oxygen atoms in total. The van der Waals surface area contributed by atoms with E-state index in [0.717, 1.165) is 6.42 Å². The van der Waals surface area contributed by atoms with Crippen molar-refractivity contribution in [3.63, 3.8) is 0 Å². The molecule has 60 valence electrons. The highest BCUT2D eigenvalue weighted by Crippen LogP contribution is 1.94.